The Hall–Kier alpha value is -2.43. The normalized spacial score (nSPS) is 10.9. The van der Waals surface area contributed by atoms with Crippen LogP contribution < -0.4 is 0 Å². The first kappa shape index (κ1) is 20.3. The molecule has 0 unspecified atom stereocenters. The van der Waals surface area contributed by atoms with E-state index in [-0.39, 0.29) is 6.42 Å². The summed E-state index contributed by atoms with van der Waals surface area (Å²) in [6, 6.07) is 27.2. The lowest BCUT2D eigenvalue weighted by Gasteiger charge is -2.22. The van der Waals surface area contributed by atoms with Crippen LogP contribution in [0.1, 0.15) is 28.7 Å². The molecular formula is C24H24BrNO2. The molecule has 0 bridgehead atoms. The predicted octanol–water partition coefficient (Wildman–Crippen LogP) is 5.52. The molecule has 0 spiro atoms. The first-order chi connectivity index (χ1) is 13.6. The lowest BCUT2D eigenvalue weighted by molar-refractivity contribution is -0.137. The summed E-state index contributed by atoms with van der Waals surface area (Å²) in [7, 11) is 0. The maximum atomic E-state index is 11.1. The van der Waals surface area contributed by atoms with Crippen LogP contribution in [0.2, 0.25) is 0 Å². The largest absolute Gasteiger partial charge is 0.481 e. The summed E-state index contributed by atoms with van der Waals surface area (Å²) in [6.07, 6.45) is 1.03. The van der Waals surface area contributed by atoms with E-state index in [1.165, 1.54) is 22.3 Å². The van der Waals surface area contributed by atoms with Crippen molar-refractivity contribution >= 4 is 21.9 Å². The molecule has 0 saturated heterocycles. The van der Waals surface area contributed by atoms with Gasteiger partial charge in [-0.25, -0.2) is 0 Å². The van der Waals surface area contributed by atoms with Crippen LogP contribution in [0.4, 0.5) is 0 Å². The van der Waals surface area contributed by atoms with E-state index in [9.17, 15) is 4.79 Å². The molecule has 0 fully saturated rings. The Balaban J connectivity index is 1.72. The maximum absolute atomic E-state index is 11.1. The van der Waals surface area contributed by atoms with E-state index in [4.69, 9.17) is 5.11 Å². The van der Waals surface area contributed by atoms with Gasteiger partial charge >= 0.3 is 5.97 Å². The predicted molar refractivity (Wildman–Crippen MR) is 116 cm³/mol. The Labute approximate surface area is 174 Å². The standard InChI is InChI=1S/C24H24BrNO2/c25-23-11-5-10-22(16-23)18-26(13-12-24(27)28)17-21-9-4-8-20(15-21)14-19-6-2-1-3-7-19/h1-11,15-16H,12-14,17-18H2,(H,27,28). The molecule has 0 aliphatic heterocycles. The quantitative estimate of drug-likeness (QED) is 0.479. The van der Waals surface area contributed by atoms with E-state index in [2.05, 4.69) is 81.5 Å². The highest BCUT2D eigenvalue weighted by molar-refractivity contribution is 9.10. The minimum Gasteiger partial charge on any atom is -0.481 e. The fourth-order valence-corrected chi connectivity index (χ4v) is 3.74. The third kappa shape index (κ3) is 6.63. The number of aliphatic carboxylic acids is 1. The molecule has 144 valence electrons. The zero-order valence-corrected chi connectivity index (χ0v) is 17.3. The molecule has 0 aliphatic rings. The highest BCUT2D eigenvalue weighted by atomic mass is 79.9. The molecule has 3 nitrogen and oxygen atoms in total. The van der Waals surface area contributed by atoms with Gasteiger partial charge in [0.25, 0.3) is 0 Å². The van der Waals surface area contributed by atoms with Crippen LogP contribution in [0, 0.1) is 0 Å². The Morgan fingerprint density at radius 1 is 0.786 bits per heavy atom. The minimum absolute atomic E-state index is 0.137. The van der Waals surface area contributed by atoms with Crippen LogP contribution in [-0.4, -0.2) is 22.5 Å². The van der Waals surface area contributed by atoms with Crippen LogP contribution in [0.15, 0.2) is 83.3 Å². The van der Waals surface area contributed by atoms with Gasteiger partial charge in [-0.1, -0.05) is 82.7 Å². The minimum atomic E-state index is -0.767. The highest BCUT2D eigenvalue weighted by Crippen LogP contribution is 2.17. The van der Waals surface area contributed by atoms with E-state index in [1.54, 1.807) is 0 Å². The summed E-state index contributed by atoms with van der Waals surface area (Å²) in [6.45, 7) is 1.96. The first-order valence-corrected chi connectivity index (χ1v) is 10.2. The molecule has 0 aromatic heterocycles. The summed E-state index contributed by atoms with van der Waals surface area (Å²) in [5.74, 6) is -0.767. The third-order valence-corrected chi connectivity index (χ3v) is 5.08. The van der Waals surface area contributed by atoms with Gasteiger partial charge in [0.05, 0.1) is 6.42 Å². The molecular weight excluding hydrogens is 414 g/mol. The second kappa shape index (κ2) is 10.2. The van der Waals surface area contributed by atoms with Gasteiger partial charge in [0, 0.05) is 24.1 Å². The van der Waals surface area contributed by atoms with Gasteiger partial charge in [0.2, 0.25) is 0 Å². The summed E-state index contributed by atoms with van der Waals surface area (Å²) in [4.78, 5) is 13.3. The molecule has 0 heterocycles. The van der Waals surface area contributed by atoms with E-state index in [0.717, 1.165) is 24.0 Å². The lowest BCUT2D eigenvalue weighted by Crippen LogP contribution is -2.25. The van der Waals surface area contributed by atoms with Crippen molar-refractivity contribution in [2.24, 2.45) is 0 Å². The second-order valence-electron chi connectivity index (χ2n) is 6.97. The van der Waals surface area contributed by atoms with Gasteiger partial charge in [-0.2, -0.15) is 0 Å². The smallest absolute Gasteiger partial charge is 0.304 e. The number of hydrogen-bond acceptors (Lipinski definition) is 2. The number of benzene rings is 3. The van der Waals surface area contributed by atoms with Crippen LogP contribution in [0.25, 0.3) is 0 Å². The van der Waals surface area contributed by atoms with E-state index in [1.807, 2.05) is 18.2 Å². The Bertz CT molecular complexity index is 911. The van der Waals surface area contributed by atoms with Crippen molar-refractivity contribution in [1.29, 1.82) is 0 Å². The van der Waals surface area contributed by atoms with E-state index < -0.39 is 5.97 Å². The second-order valence-corrected chi connectivity index (χ2v) is 7.88. The molecule has 0 amide bonds. The summed E-state index contributed by atoms with van der Waals surface area (Å²) in [5, 5.41) is 9.11. The van der Waals surface area contributed by atoms with E-state index >= 15 is 0 Å². The van der Waals surface area contributed by atoms with Gasteiger partial charge in [0.15, 0.2) is 0 Å². The van der Waals surface area contributed by atoms with Crippen molar-refractivity contribution in [1.82, 2.24) is 4.90 Å². The number of carboxylic acids is 1. The van der Waals surface area contributed by atoms with Gasteiger partial charge in [-0.05, 0) is 40.8 Å². The molecule has 28 heavy (non-hydrogen) atoms. The fourth-order valence-electron chi connectivity index (χ4n) is 3.29. The Morgan fingerprint density at radius 2 is 1.39 bits per heavy atom. The maximum Gasteiger partial charge on any atom is 0.304 e. The lowest BCUT2D eigenvalue weighted by atomic mass is 10.0. The van der Waals surface area contributed by atoms with Crippen molar-refractivity contribution in [3.8, 4) is 0 Å². The molecule has 1 N–H and O–H groups in total. The molecule has 3 aromatic carbocycles. The van der Waals surface area contributed by atoms with Gasteiger partial charge in [-0.15, -0.1) is 0 Å². The Kier molecular flexibility index (Phi) is 7.40. The van der Waals surface area contributed by atoms with Crippen molar-refractivity contribution < 1.29 is 9.90 Å². The number of halogens is 1. The topological polar surface area (TPSA) is 40.5 Å². The van der Waals surface area contributed by atoms with Crippen LogP contribution >= 0.6 is 15.9 Å². The van der Waals surface area contributed by atoms with Gasteiger partial charge in [0.1, 0.15) is 0 Å². The van der Waals surface area contributed by atoms with Crippen molar-refractivity contribution in [3.63, 3.8) is 0 Å². The summed E-state index contributed by atoms with van der Waals surface area (Å²) in [5.41, 5.74) is 4.93. The first-order valence-electron chi connectivity index (χ1n) is 9.39. The zero-order valence-electron chi connectivity index (χ0n) is 15.7. The van der Waals surface area contributed by atoms with Crippen molar-refractivity contribution in [3.05, 3.63) is 106 Å². The average Bonchev–Trinajstić information content (AvgIpc) is 2.67. The average molecular weight is 438 g/mol. The Morgan fingerprint density at radius 3 is 2.07 bits per heavy atom. The number of nitrogens with zero attached hydrogens (tertiary/aromatic N) is 1. The molecule has 4 heteroatoms. The number of carbonyl (C=O) groups is 1. The fraction of sp³-hybridized carbons (Fsp3) is 0.208. The van der Waals surface area contributed by atoms with Crippen molar-refractivity contribution in [2.45, 2.75) is 25.9 Å². The molecule has 0 atom stereocenters. The molecule has 3 rings (SSSR count). The molecule has 0 radical (unpaired) electrons. The third-order valence-electron chi connectivity index (χ3n) is 4.59. The zero-order chi connectivity index (χ0) is 19.8. The monoisotopic (exact) mass is 437 g/mol. The summed E-state index contributed by atoms with van der Waals surface area (Å²) >= 11 is 3.51. The highest BCUT2D eigenvalue weighted by Gasteiger charge is 2.10. The van der Waals surface area contributed by atoms with Crippen molar-refractivity contribution in [2.75, 3.05) is 6.54 Å². The van der Waals surface area contributed by atoms with Gasteiger partial charge < -0.3 is 5.11 Å². The molecule has 3 aromatic rings. The van der Waals surface area contributed by atoms with E-state index in [0.29, 0.717) is 6.54 Å². The number of carboxylic acid groups (broad SMARTS) is 1. The number of rotatable bonds is 9. The molecule has 0 aliphatic carbocycles. The van der Waals surface area contributed by atoms with Crippen LogP contribution in [-0.2, 0) is 24.3 Å². The SMILES string of the molecule is O=C(O)CCN(Cc1cccc(Br)c1)Cc1cccc(Cc2ccccc2)c1. The van der Waals surface area contributed by atoms with Crippen LogP contribution in [0.5, 0.6) is 0 Å². The molecule has 0 saturated carbocycles. The van der Waals surface area contributed by atoms with Gasteiger partial charge in [-0.3, -0.25) is 9.69 Å². The number of hydrogen-bond donors (Lipinski definition) is 1. The summed E-state index contributed by atoms with van der Waals surface area (Å²) < 4.78 is 1.04. The van der Waals surface area contributed by atoms with Crippen LogP contribution in [0.3, 0.4) is 0 Å².